The fourth-order valence-electron chi connectivity index (χ4n) is 2.07. The van der Waals surface area contributed by atoms with Gasteiger partial charge >= 0.3 is 0 Å². The van der Waals surface area contributed by atoms with E-state index in [1.54, 1.807) is 24.4 Å². The number of nitrogens with two attached hydrogens (primary N) is 1. The van der Waals surface area contributed by atoms with Gasteiger partial charge in [-0.25, -0.2) is 4.98 Å². The van der Waals surface area contributed by atoms with E-state index in [0.717, 1.165) is 16.0 Å². The summed E-state index contributed by atoms with van der Waals surface area (Å²) in [4.78, 5) is 4.10. The van der Waals surface area contributed by atoms with Gasteiger partial charge in [-0.05, 0) is 29.0 Å². The number of aromatic nitrogens is 1. The molecule has 3 rings (SSSR count). The molecule has 1 heterocycles. The van der Waals surface area contributed by atoms with Crippen molar-refractivity contribution in [1.29, 1.82) is 0 Å². The van der Waals surface area contributed by atoms with Crippen LogP contribution in [0, 0.1) is 0 Å². The van der Waals surface area contributed by atoms with Crippen molar-refractivity contribution in [3.05, 3.63) is 41.9 Å². The summed E-state index contributed by atoms with van der Waals surface area (Å²) in [6, 6.07) is 7.82. The first-order chi connectivity index (χ1) is 9.47. The third-order valence-electron chi connectivity index (χ3n) is 2.97. The Kier molecular flexibility index (Phi) is 2.97. The molecule has 0 spiro atoms. The van der Waals surface area contributed by atoms with E-state index in [9.17, 15) is 8.42 Å². The second-order valence-corrected chi connectivity index (χ2v) is 6.54. The van der Waals surface area contributed by atoms with Crippen molar-refractivity contribution in [2.75, 3.05) is 5.73 Å². The molecule has 0 aliphatic heterocycles. The van der Waals surface area contributed by atoms with Gasteiger partial charge in [-0.3, -0.25) is 4.55 Å². The fourth-order valence-corrected chi connectivity index (χ4v) is 3.30. The maximum Gasteiger partial charge on any atom is 0.294 e. The third-order valence-corrected chi connectivity index (χ3v) is 4.61. The number of thiazole rings is 1. The first-order valence-electron chi connectivity index (χ1n) is 5.66. The van der Waals surface area contributed by atoms with Gasteiger partial charge in [0, 0.05) is 22.8 Å². The Balaban J connectivity index is 2.34. The van der Waals surface area contributed by atoms with Gasteiger partial charge in [0.2, 0.25) is 0 Å². The monoisotopic (exact) mass is 306 g/mol. The van der Waals surface area contributed by atoms with Crippen LogP contribution in [0.25, 0.3) is 21.3 Å². The molecule has 20 heavy (non-hydrogen) atoms. The van der Waals surface area contributed by atoms with E-state index < -0.39 is 10.1 Å². The molecule has 0 aliphatic rings. The van der Waals surface area contributed by atoms with E-state index in [2.05, 4.69) is 4.98 Å². The van der Waals surface area contributed by atoms with Crippen LogP contribution >= 0.6 is 11.3 Å². The molecule has 3 aromatic rings. The summed E-state index contributed by atoms with van der Waals surface area (Å²) in [6.45, 7) is 0. The highest BCUT2D eigenvalue weighted by Crippen LogP contribution is 2.35. The summed E-state index contributed by atoms with van der Waals surface area (Å²) in [5.74, 6) is 0. The average Bonchev–Trinajstić information content (AvgIpc) is 2.90. The summed E-state index contributed by atoms with van der Waals surface area (Å²) in [6.07, 6.45) is 1.69. The maximum atomic E-state index is 11.2. The van der Waals surface area contributed by atoms with Crippen LogP contribution < -0.4 is 5.73 Å². The van der Waals surface area contributed by atoms with Crippen LogP contribution in [-0.2, 0) is 10.1 Å². The topological polar surface area (TPSA) is 93.3 Å². The predicted octanol–water partition coefficient (Wildman–Crippen LogP) is 2.79. The average molecular weight is 306 g/mol. The van der Waals surface area contributed by atoms with Crippen LogP contribution in [0.15, 0.2) is 46.8 Å². The molecule has 0 amide bonds. The zero-order valence-corrected chi connectivity index (χ0v) is 11.8. The van der Waals surface area contributed by atoms with Gasteiger partial charge in [0.15, 0.2) is 0 Å². The molecule has 0 atom stereocenters. The Labute approximate surface area is 119 Å². The maximum absolute atomic E-state index is 11.2. The third kappa shape index (κ3) is 2.15. The molecule has 2 aromatic carbocycles. The highest BCUT2D eigenvalue weighted by atomic mass is 32.2. The smallest absolute Gasteiger partial charge is 0.294 e. The number of anilines is 1. The van der Waals surface area contributed by atoms with Gasteiger partial charge in [0.05, 0.1) is 4.90 Å². The molecule has 7 heteroatoms. The van der Waals surface area contributed by atoms with Crippen molar-refractivity contribution in [3.8, 4) is 10.6 Å². The number of nitrogen functional groups attached to an aromatic ring is 1. The summed E-state index contributed by atoms with van der Waals surface area (Å²) in [5.41, 5.74) is 7.35. The van der Waals surface area contributed by atoms with Crippen molar-refractivity contribution in [2.45, 2.75) is 4.90 Å². The molecular weight excluding hydrogens is 296 g/mol. The molecule has 0 saturated carbocycles. The lowest BCUT2D eigenvalue weighted by Crippen LogP contribution is -1.98. The predicted molar refractivity (Wildman–Crippen MR) is 79.3 cm³/mol. The molecule has 0 saturated heterocycles. The molecule has 102 valence electrons. The van der Waals surface area contributed by atoms with Gasteiger partial charge in [-0.1, -0.05) is 12.1 Å². The van der Waals surface area contributed by atoms with E-state index >= 15 is 0 Å². The highest BCUT2D eigenvalue weighted by molar-refractivity contribution is 7.85. The molecule has 3 N–H and O–H groups in total. The lowest BCUT2D eigenvalue weighted by Gasteiger charge is -2.08. The number of hydrogen-bond donors (Lipinski definition) is 2. The molecule has 5 nitrogen and oxygen atoms in total. The number of hydrogen-bond acceptors (Lipinski definition) is 5. The standard InChI is InChI=1S/C13H10N2O3S2/c14-11-4-1-8-7-9(20(16,17)18)2-3-10(8)12(11)13-15-5-6-19-13/h1-7H,14H2,(H,16,17,18). The fraction of sp³-hybridized carbons (Fsp3) is 0. The summed E-state index contributed by atoms with van der Waals surface area (Å²) >= 11 is 1.46. The van der Waals surface area contributed by atoms with Crippen molar-refractivity contribution in [1.82, 2.24) is 4.98 Å². The van der Waals surface area contributed by atoms with Gasteiger partial charge < -0.3 is 5.73 Å². The van der Waals surface area contributed by atoms with Gasteiger partial charge in [-0.15, -0.1) is 11.3 Å². The second kappa shape index (κ2) is 4.55. The van der Waals surface area contributed by atoms with Gasteiger partial charge in [0.1, 0.15) is 5.01 Å². The molecule has 0 aliphatic carbocycles. The van der Waals surface area contributed by atoms with Crippen LogP contribution in [0.5, 0.6) is 0 Å². The van der Waals surface area contributed by atoms with Crippen molar-refractivity contribution < 1.29 is 13.0 Å². The van der Waals surface area contributed by atoms with E-state index in [1.165, 1.54) is 23.5 Å². The number of fused-ring (bicyclic) bond motifs is 1. The molecule has 1 aromatic heterocycles. The van der Waals surface area contributed by atoms with Crippen LogP contribution in [0.3, 0.4) is 0 Å². The Bertz CT molecular complexity index is 887. The Hall–Kier alpha value is -1.96. The minimum atomic E-state index is -4.22. The second-order valence-electron chi connectivity index (χ2n) is 4.23. The molecule has 0 unspecified atom stereocenters. The highest BCUT2D eigenvalue weighted by Gasteiger charge is 2.14. The van der Waals surface area contributed by atoms with E-state index in [0.29, 0.717) is 11.1 Å². The molecule has 0 bridgehead atoms. The van der Waals surface area contributed by atoms with E-state index in [4.69, 9.17) is 10.3 Å². The largest absolute Gasteiger partial charge is 0.398 e. The Morgan fingerprint density at radius 3 is 2.65 bits per heavy atom. The van der Waals surface area contributed by atoms with E-state index in [1.807, 2.05) is 5.38 Å². The summed E-state index contributed by atoms with van der Waals surface area (Å²) < 4.78 is 31.4. The van der Waals surface area contributed by atoms with Gasteiger partial charge in [0.25, 0.3) is 10.1 Å². The number of rotatable bonds is 2. The zero-order chi connectivity index (χ0) is 14.3. The van der Waals surface area contributed by atoms with Crippen LogP contribution in [0.1, 0.15) is 0 Å². The zero-order valence-electron chi connectivity index (χ0n) is 10.1. The Morgan fingerprint density at radius 2 is 2.00 bits per heavy atom. The first-order valence-corrected chi connectivity index (χ1v) is 7.98. The number of benzene rings is 2. The van der Waals surface area contributed by atoms with Crippen molar-refractivity contribution in [3.63, 3.8) is 0 Å². The molecule has 0 fully saturated rings. The first kappa shape index (κ1) is 13.0. The lowest BCUT2D eigenvalue weighted by atomic mass is 10.0. The lowest BCUT2D eigenvalue weighted by molar-refractivity contribution is 0.483. The van der Waals surface area contributed by atoms with Gasteiger partial charge in [-0.2, -0.15) is 8.42 Å². The summed E-state index contributed by atoms with van der Waals surface area (Å²) in [7, 11) is -4.22. The normalized spacial score (nSPS) is 11.8. The van der Waals surface area contributed by atoms with Crippen molar-refractivity contribution >= 4 is 37.9 Å². The van der Waals surface area contributed by atoms with E-state index in [-0.39, 0.29) is 4.90 Å². The quantitative estimate of drug-likeness (QED) is 0.561. The molecule has 0 radical (unpaired) electrons. The molecular formula is C13H10N2O3S2. The SMILES string of the molecule is Nc1ccc2cc(S(=O)(=O)O)ccc2c1-c1nccs1. The van der Waals surface area contributed by atoms with Crippen molar-refractivity contribution in [2.24, 2.45) is 0 Å². The minimum Gasteiger partial charge on any atom is -0.398 e. The Morgan fingerprint density at radius 1 is 1.20 bits per heavy atom. The van der Waals surface area contributed by atoms with Crippen LogP contribution in [-0.4, -0.2) is 18.0 Å². The van der Waals surface area contributed by atoms with Crippen LogP contribution in [0.4, 0.5) is 5.69 Å². The van der Waals surface area contributed by atoms with Crippen LogP contribution in [0.2, 0.25) is 0 Å². The minimum absolute atomic E-state index is 0.139. The summed E-state index contributed by atoms with van der Waals surface area (Å²) in [5, 5.41) is 4.10. The number of nitrogens with zero attached hydrogens (tertiary/aromatic N) is 1.